The lowest BCUT2D eigenvalue weighted by molar-refractivity contribution is -0.138. The Morgan fingerprint density at radius 2 is 1.28 bits per heavy atom. The van der Waals surface area contributed by atoms with E-state index < -0.39 is 17.8 Å². The number of hydrogen-bond donors (Lipinski definition) is 3. The summed E-state index contributed by atoms with van der Waals surface area (Å²) in [6, 6.07) is 0. The summed E-state index contributed by atoms with van der Waals surface area (Å²) in [4.78, 5) is 32.5. The van der Waals surface area contributed by atoms with E-state index in [9.17, 15) is 14.4 Å². The van der Waals surface area contributed by atoms with Crippen LogP contribution in [-0.2, 0) is 14.4 Å². The Morgan fingerprint density at radius 1 is 0.760 bits per heavy atom. The predicted octanol–water partition coefficient (Wildman–Crippen LogP) is 3.17. The second kappa shape index (κ2) is 17.0. The zero-order valence-corrected chi connectivity index (χ0v) is 15.5. The fourth-order valence-corrected chi connectivity index (χ4v) is 2.44. The van der Waals surface area contributed by atoms with Crippen molar-refractivity contribution in [1.82, 2.24) is 10.6 Å². The molecule has 0 saturated heterocycles. The van der Waals surface area contributed by atoms with Crippen LogP contribution in [0.2, 0.25) is 0 Å². The zero-order valence-electron chi connectivity index (χ0n) is 15.5. The number of amides is 2. The van der Waals surface area contributed by atoms with Crippen molar-refractivity contribution < 1.29 is 19.5 Å². The summed E-state index contributed by atoms with van der Waals surface area (Å²) in [5, 5.41) is 13.4. The molecule has 0 aromatic carbocycles. The molecule has 0 aromatic heterocycles. The molecule has 6 nitrogen and oxygen atoms in total. The first kappa shape index (κ1) is 23.1. The summed E-state index contributed by atoms with van der Waals surface area (Å²) in [5.74, 6) is -1.86. The summed E-state index contributed by atoms with van der Waals surface area (Å²) >= 11 is 0. The maximum atomic E-state index is 11.2. The van der Waals surface area contributed by atoms with E-state index in [0.717, 1.165) is 44.9 Å². The number of carbonyl (C=O) groups excluding carboxylic acids is 2. The quantitative estimate of drug-likeness (QED) is 0.239. The largest absolute Gasteiger partial charge is 0.481 e. The molecular formula is C19H34N2O4. The van der Waals surface area contributed by atoms with Crippen LogP contribution in [0.5, 0.6) is 0 Å². The Morgan fingerprint density at radius 3 is 1.84 bits per heavy atom. The Bertz CT molecular complexity index is 408. The van der Waals surface area contributed by atoms with Gasteiger partial charge in [-0.1, -0.05) is 44.3 Å². The Balaban J connectivity index is 3.24. The Kier molecular flexibility index (Phi) is 15.7. The molecule has 2 amide bonds. The van der Waals surface area contributed by atoms with Crippen molar-refractivity contribution in [2.45, 2.75) is 77.0 Å². The number of rotatable bonds is 15. The first-order valence-electron chi connectivity index (χ1n) is 9.44. The predicted molar refractivity (Wildman–Crippen MR) is 99.3 cm³/mol. The molecule has 6 heteroatoms. The minimum Gasteiger partial charge on any atom is -0.481 e. The average molecular weight is 354 g/mol. The molecule has 0 atom stereocenters. The van der Waals surface area contributed by atoms with Gasteiger partial charge in [0.05, 0.1) is 0 Å². The van der Waals surface area contributed by atoms with Crippen molar-refractivity contribution in [3.05, 3.63) is 12.2 Å². The summed E-state index contributed by atoms with van der Waals surface area (Å²) < 4.78 is 0. The van der Waals surface area contributed by atoms with Gasteiger partial charge < -0.3 is 15.7 Å². The highest BCUT2D eigenvalue weighted by Crippen LogP contribution is 2.10. The minimum atomic E-state index is -0.694. The molecule has 0 fully saturated rings. The number of aliphatic carboxylic acids is 1. The van der Waals surface area contributed by atoms with Crippen LogP contribution in [-0.4, -0.2) is 36.5 Å². The molecule has 0 heterocycles. The fourth-order valence-electron chi connectivity index (χ4n) is 2.44. The molecule has 0 spiro atoms. The van der Waals surface area contributed by atoms with Crippen LogP contribution in [0.4, 0.5) is 0 Å². The highest BCUT2D eigenvalue weighted by Gasteiger charge is 2.08. The van der Waals surface area contributed by atoms with E-state index in [1.807, 2.05) is 0 Å². The first-order chi connectivity index (χ1) is 12.1. The van der Waals surface area contributed by atoms with Crippen LogP contribution in [0, 0.1) is 0 Å². The summed E-state index contributed by atoms with van der Waals surface area (Å²) in [6.07, 6.45) is 16.5. The second-order valence-corrected chi connectivity index (χ2v) is 6.21. The first-order valence-corrected chi connectivity index (χ1v) is 9.44. The number of carboxylic acids is 1. The van der Waals surface area contributed by atoms with Crippen LogP contribution in [0.15, 0.2) is 12.2 Å². The maximum absolute atomic E-state index is 11.2. The molecule has 144 valence electrons. The highest BCUT2D eigenvalue weighted by molar-refractivity contribution is 6.34. The van der Waals surface area contributed by atoms with Crippen molar-refractivity contribution in [3.8, 4) is 0 Å². The molecule has 25 heavy (non-hydrogen) atoms. The van der Waals surface area contributed by atoms with E-state index in [4.69, 9.17) is 5.11 Å². The molecule has 3 N–H and O–H groups in total. The standard InChI is InChI=1S/C19H34N2O4/c1-20-18(24)19(25)21-16-14-12-10-8-6-4-2-3-5-7-9-11-13-15-17(22)23/h6,8H,2-5,7,9-16H2,1H3,(H,20,24)(H,21,25)(H,22,23)/b8-6-. The smallest absolute Gasteiger partial charge is 0.309 e. The van der Waals surface area contributed by atoms with Crippen molar-refractivity contribution in [2.75, 3.05) is 13.6 Å². The topological polar surface area (TPSA) is 95.5 Å². The van der Waals surface area contributed by atoms with Gasteiger partial charge in [-0.2, -0.15) is 0 Å². The van der Waals surface area contributed by atoms with E-state index in [1.54, 1.807) is 0 Å². The molecule has 0 aliphatic carbocycles. The van der Waals surface area contributed by atoms with Crippen molar-refractivity contribution in [1.29, 1.82) is 0 Å². The lowest BCUT2D eigenvalue weighted by atomic mass is 10.1. The molecule has 0 aliphatic rings. The number of allylic oxidation sites excluding steroid dienone is 2. The summed E-state index contributed by atoms with van der Waals surface area (Å²) in [5.41, 5.74) is 0. The van der Waals surface area contributed by atoms with Gasteiger partial charge in [-0.3, -0.25) is 14.4 Å². The Hall–Kier alpha value is -1.85. The summed E-state index contributed by atoms with van der Waals surface area (Å²) in [7, 11) is 1.44. The Labute approximate surface area is 151 Å². The van der Waals surface area contributed by atoms with Gasteiger partial charge in [0, 0.05) is 20.0 Å². The van der Waals surface area contributed by atoms with Crippen molar-refractivity contribution >= 4 is 17.8 Å². The third-order valence-electron chi connectivity index (χ3n) is 3.94. The molecule has 0 radical (unpaired) electrons. The van der Waals surface area contributed by atoms with Gasteiger partial charge in [0.2, 0.25) is 0 Å². The molecule has 0 bridgehead atoms. The van der Waals surface area contributed by atoms with Crippen molar-refractivity contribution in [2.24, 2.45) is 0 Å². The van der Waals surface area contributed by atoms with Gasteiger partial charge in [0.15, 0.2) is 0 Å². The minimum absolute atomic E-state index is 0.297. The van der Waals surface area contributed by atoms with Crippen molar-refractivity contribution in [3.63, 3.8) is 0 Å². The van der Waals surface area contributed by atoms with E-state index in [-0.39, 0.29) is 0 Å². The van der Waals surface area contributed by atoms with E-state index in [2.05, 4.69) is 22.8 Å². The van der Waals surface area contributed by atoms with E-state index in [0.29, 0.717) is 13.0 Å². The fraction of sp³-hybridized carbons (Fsp3) is 0.737. The van der Waals surface area contributed by atoms with Crippen LogP contribution >= 0.6 is 0 Å². The SMILES string of the molecule is CNC(=O)C(=O)NCCCC/C=C\CCCCCCCCCC(=O)O. The van der Waals surface area contributed by atoms with Gasteiger partial charge in [0.1, 0.15) is 0 Å². The zero-order chi connectivity index (χ0) is 18.8. The second-order valence-electron chi connectivity index (χ2n) is 6.21. The molecule has 0 saturated carbocycles. The molecular weight excluding hydrogens is 320 g/mol. The highest BCUT2D eigenvalue weighted by atomic mass is 16.4. The lowest BCUT2D eigenvalue weighted by Gasteiger charge is -2.02. The number of unbranched alkanes of at least 4 members (excludes halogenated alkanes) is 9. The molecule has 0 aromatic rings. The number of carboxylic acid groups (broad SMARTS) is 1. The van der Waals surface area contributed by atoms with Crippen LogP contribution in [0.1, 0.15) is 77.0 Å². The van der Waals surface area contributed by atoms with Crippen LogP contribution < -0.4 is 10.6 Å². The van der Waals surface area contributed by atoms with Crippen LogP contribution in [0.25, 0.3) is 0 Å². The number of nitrogens with one attached hydrogen (secondary N) is 2. The number of likely N-dealkylation sites (N-methyl/N-ethyl adjacent to an activating group) is 1. The van der Waals surface area contributed by atoms with Gasteiger partial charge in [0.25, 0.3) is 0 Å². The molecule has 0 rings (SSSR count). The van der Waals surface area contributed by atoms with Gasteiger partial charge in [-0.15, -0.1) is 0 Å². The van der Waals surface area contributed by atoms with E-state index in [1.165, 1.54) is 32.7 Å². The molecule has 0 aliphatic heterocycles. The average Bonchev–Trinajstić information content (AvgIpc) is 2.60. The monoisotopic (exact) mass is 354 g/mol. The number of hydrogen-bond acceptors (Lipinski definition) is 3. The maximum Gasteiger partial charge on any atom is 0.309 e. The van der Waals surface area contributed by atoms with Gasteiger partial charge in [-0.05, 0) is 38.5 Å². The lowest BCUT2D eigenvalue weighted by Crippen LogP contribution is -2.38. The van der Waals surface area contributed by atoms with Gasteiger partial charge in [-0.25, -0.2) is 0 Å². The number of carbonyl (C=O) groups is 3. The van der Waals surface area contributed by atoms with Crippen LogP contribution in [0.3, 0.4) is 0 Å². The normalized spacial score (nSPS) is 10.8. The molecule has 0 unspecified atom stereocenters. The third-order valence-corrected chi connectivity index (χ3v) is 3.94. The van der Waals surface area contributed by atoms with E-state index >= 15 is 0 Å². The summed E-state index contributed by atoms with van der Waals surface area (Å²) in [6.45, 7) is 0.534. The third kappa shape index (κ3) is 16.8. The van der Waals surface area contributed by atoms with Gasteiger partial charge >= 0.3 is 17.8 Å².